The van der Waals surface area contributed by atoms with Gasteiger partial charge >= 0.3 is 0 Å². The molecule has 1 aromatic rings. The largest absolute Gasteiger partial charge is 0.378 e. The van der Waals surface area contributed by atoms with Gasteiger partial charge in [0, 0.05) is 23.6 Å². The lowest BCUT2D eigenvalue weighted by Crippen LogP contribution is -2.18. The van der Waals surface area contributed by atoms with Gasteiger partial charge in [0.25, 0.3) is 5.69 Å². The highest BCUT2D eigenvalue weighted by molar-refractivity contribution is 8.00. The molecule has 0 bridgehead atoms. The predicted molar refractivity (Wildman–Crippen MR) is 80.2 cm³/mol. The standard InChI is InChI=1S/C12H16N2O4S2/c1-19-12(5-6-12)8-13-10-4-3-9(20(2,17)18)7-11(10)14(15)16/h3-4,7,13H,5-6,8H2,1-2H3. The second-order valence-electron chi connectivity index (χ2n) is 4.95. The fraction of sp³-hybridized carbons (Fsp3) is 0.500. The summed E-state index contributed by atoms with van der Waals surface area (Å²) in [6.07, 6.45) is 5.24. The van der Waals surface area contributed by atoms with Crippen molar-refractivity contribution in [3.05, 3.63) is 28.3 Å². The van der Waals surface area contributed by atoms with Crippen LogP contribution in [0.2, 0.25) is 0 Å². The zero-order valence-corrected chi connectivity index (χ0v) is 12.9. The van der Waals surface area contributed by atoms with Crippen LogP contribution in [0.3, 0.4) is 0 Å². The molecule has 0 aliphatic heterocycles. The van der Waals surface area contributed by atoms with E-state index < -0.39 is 14.8 Å². The molecule has 1 saturated carbocycles. The average molecular weight is 316 g/mol. The third-order valence-electron chi connectivity index (χ3n) is 3.44. The van der Waals surface area contributed by atoms with Gasteiger partial charge in [0.2, 0.25) is 0 Å². The lowest BCUT2D eigenvalue weighted by Gasteiger charge is -2.14. The maximum Gasteiger partial charge on any atom is 0.293 e. The molecule has 2 rings (SSSR count). The Labute approximate surface area is 122 Å². The molecule has 0 amide bonds. The number of benzene rings is 1. The summed E-state index contributed by atoms with van der Waals surface area (Å²) in [5.74, 6) is 0. The Morgan fingerprint density at radius 2 is 2.10 bits per heavy atom. The second-order valence-corrected chi connectivity index (χ2v) is 8.24. The zero-order chi connectivity index (χ0) is 15.0. The Bertz CT molecular complexity index is 639. The molecule has 1 aromatic carbocycles. The minimum Gasteiger partial charge on any atom is -0.378 e. The topological polar surface area (TPSA) is 89.3 Å². The smallest absolute Gasteiger partial charge is 0.293 e. The fourth-order valence-corrected chi connectivity index (χ4v) is 3.26. The van der Waals surface area contributed by atoms with E-state index >= 15 is 0 Å². The van der Waals surface area contributed by atoms with E-state index in [0.717, 1.165) is 25.2 Å². The van der Waals surface area contributed by atoms with Gasteiger partial charge in [-0.05, 0) is 31.2 Å². The zero-order valence-electron chi connectivity index (χ0n) is 11.3. The summed E-state index contributed by atoms with van der Waals surface area (Å²) >= 11 is 1.75. The van der Waals surface area contributed by atoms with E-state index in [1.54, 1.807) is 11.8 Å². The molecule has 0 heterocycles. The van der Waals surface area contributed by atoms with Crippen LogP contribution in [0, 0.1) is 10.1 Å². The van der Waals surface area contributed by atoms with Gasteiger partial charge in [-0.15, -0.1) is 0 Å². The molecule has 1 aliphatic carbocycles. The van der Waals surface area contributed by atoms with Crippen LogP contribution in [0.1, 0.15) is 12.8 Å². The molecule has 20 heavy (non-hydrogen) atoms. The molecular weight excluding hydrogens is 300 g/mol. The van der Waals surface area contributed by atoms with Crippen LogP contribution in [0.5, 0.6) is 0 Å². The number of nitro groups is 1. The maximum absolute atomic E-state index is 11.4. The van der Waals surface area contributed by atoms with E-state index in [9.17, 15) is 18.5 Å². The first-order valence-corrected chi connectivity index (χ1v) is 9.17. The van der Waals surface area contributed by atoms with Crippen molar-refractivity contribution in [1.82, 2.24) is 0 Å². The third kappa shape index (κ3) is 3.24. The first-order chi connectivity index (χ1) is 9.27. The van der Waals surface area contributed by atoms with E-state index in [1.807, 2.05) is 6.26 Å². The van der Waals surface area contributed by atoms with Crippen molar-refractivity contribution in [3.63, 3.8) is 0 Å². The highest BCUT2D eigenvalue weighted by atomic mass is 32.2. The summed E-state index contributed by atoms with van der Waals surface area (Å²) in [6.45, 7) is 0.646. The van der Waals surface area contributed by atoms with Gasteiger partial charge in [-0.25, -0.2) is 8.42 Å². The Hall–Kier alpha value is -1.28. The quantitative estimate of drug-likeness (QED) is 0.640. The van der Waals surface area contributed by atoms with E-state index in [4.69, 9.17) is 0 Å². The molecule has 1 N–H and O–H groups in total. The maximum atomic E-state index is 11.4. The van der Waals surface area contributed by atoms with E-state index in [-0.39, 0.29) is 15.3 Å². The summed E-state index contributed by atoms with van der Waals surface area (Å²) in [5.41, 5.74) is 0.160. The summed E-state index contributed by atoms with van der Waals surface area (Å²) in [5, 5.41) is 14.1. The van der Waals surface area contributed by atoms with Crippen LogP contribution in [-0.4, -0.2) is 37.1 Å². The Kier molecular flexibility index (Phi) is 3.97. The fourth-order valence-electron chi connectivity index (χ4n) is 1.89. The molecule has 0 radical (unpaired) electrons. The van der Waals surface area contributed by atoms with Gasteiger partial charge in [-0.3, -0.25) is 10.1 Å². The van der Waals surface area contributed by atoms with Crippen molar-refractivity contribution >= 4 is 33.0 Å². The van der Waals surface area contributed by atoms with E-state index in [2.05, 4.69) is 5.32 Å². The minimum atomic E-state index is -3.45. The van der Waals surface area contributed by atoms with Gasteiger partial charge < -0.3 is 5.32 Å². The van der Waals surface area contributed by atoms with Gasteiger partial charge in [-0.2, -0.15) is 11.8 Å². The number of hydrogen-bond acceptors (Lipinski definition) is 6. The number of hydrogen-bond donors (Lipinski definition) is 1. The number of sulfone groups is 1. The van der Waals surface area contributed by atoms with Crippen molar-refractivity contribution in [2.75, 3.05) is 24.4 Å². The number of nitro benzene ring substituents is 1. The second kappa shape index (κ2) is 5.25. The van der Waals surface area contributed by atoms with Crippen LogP contribution in [-0.2, 0) is 9.84 Å². The van der Waals surface area contributed by atoms with Crippen molar-refractivity contribution in [3.8, 4) is 0 Å². The van der Waals surface area contributed by atoms with Gasteiger partial charge in [-0.1, -0.05) is 0 Å². The number of rotatable bonds is 6. The third-order valence-corrected chi connectivity index (χ3v) is 5.96. The molecule has 6 nitrogen and oxygen atoms in total. The number of anilines is 1. The lowest BCUT2D eigenvalue weighted by molar-refractivity contribution is -0.384. The van der Waals surface area contributed by atoms with Crippen LogP contribution >= 0.6 is 11.8 Å². The van der Waals surface area contributed by atoms with Gasteiger partial charge in [0.05, 0.1) is 9.82 Å². The van der Waals surface area contributed by atoms with Gasteiger partial charge in [0.15, 0.2) is 9.84 Å². The van der Waals surface area contributed by atoms with Crippen molar-refractivity contribution in [1.29, 1.82) is 0 Å². The first kappa shape index (κ1) is 15.1. The Morgan fingerprint density at radius 1 is 1.45 bits per heavy atom. The molecule has 0 spiro atoms. The molecule has 110 valence electrons. The average Bonchev–Trinajstić information content (AvgIpc) is 3.15. The first-order valence-electron chi connectivity index (χ1n) is 6.05. The molecule has 1 fully saturated rings. The van der Waals surface area contributed by atoms with Crippen molar-refractivity contribution < 1.29 is 13.3 Å². The normalized spacial score (nSPS) is 16.7. The minimum absolute atomic E-state index is 0.0410. The van der Waals surface area contributed by atoms with E-state index in [1.165, 1.54) is 12.1 Å². The Morgan fingerprint density at radius 3 is 2.55 bits per heavy atom. The lowest BCUT2D eigenvalue weighted by atomic mass is 10.2. The highest BCUT2D eigenvalue weighted by Crippen LogP contribution is 2.47. The number of thioether (sulfide) groups is 1. The van der Waals surface area contributed by atoms with Crippen LogP contribution in [0.25, 0.3) is 0 Å². The SMILES string of the molecule is CSC1(CNc2ccc(S(C)(=O)=O)cc2[N+](=O)[O-])CC1. The summed E-state index contributed by atoms with van der Waals surface area (Å²) in [7, 11) is -3.45. The van der Waals surface area contributed by atoms with Gasteiger partial charge in [0.1, 0.15) is 5.69 Å². The highest BCUT2D eigenvalue weighted by Gasteiger charge is 2.41. The Balaban J connectivity index is 2.26. The van der Waals surface area contributed by atoms with Crippen molar-refractivity contribution in [2.24, 2.45) is 0 Å². The molecule has 1 aliphatic rings. The summed E-state index contributed by atoms with van der Waals surface area (Å²) in [4.78, 5) is 10.5. The number of nitrogens with zero attached hydrogens (tertiary/aromatic N) is 1. The predicted octanol–water partition coefficient (Wildman–Crippen LogP) is 2.31. The van der Waals surface area contributed by atoms with Crippen molar-refractivity contribution in [2.45, 2.75) is 22.5 Å². The molecular formula is C12H16N2O4S2. The monoisotopic (exact) mass is 316 g/mol. The van der Waals surface area contributed by atoms with E-state index in [0.29, 0.717) is 12.2 Å². The van der Waals surface area contributed by atoms with Crippen LogP contribution in [0.4, 0.5) is 11.4 Å². The molecule has 8 heteroatoms. The summed E-state index contributed by atoms with van der Waals surface area (Å²) in [6, 6.07) is 3.96. The number of nitrogens with one attached hydrogen (secondary N) is 1. The molecule has 0 aromatic heterocycles. The molecule has 0 saturated heterocycles. The summed E-state index contributed by atoms with van der Waals surface area (Å²) < 4.78 is 23.1. The molecule has 0 unspecified atom stereocenters. The van der Waals surface area contributed by atoms with Crippen LogP contribution in [0.15, 0.2) is 23.1 Å². The van der Waals surface area contributed by atoms with Crippen LogP contribution < -0.4 is 5.32 Å². The molecule has 0 atom stereocenters.